The molecule has 1 aromatic heterocycles. The molecule has 0 aromatic carbocycles. The maximum absolute atomic E-state index is 10.2. The minimum Gasteiger partial charge on any atom is -0.386 e. The SMILES string of the molecule is O=CCCCC1=NOC(c2ccccn2)C1. The van der Waals surface area contributed by atoms with Crippen molar-refractivity contribution in [1.82, 2.24) is 4.98 Å². The lowest BCUT2D eigenvalue weighted by molar-refractivity contribution is -0.107. The van der Waals surface area contributed by atoms with Gasteiger partial charge in [0, 0.05) is 19.0 Å². The highest BCUT2D eigenvalue weighted by atomic mass is 16.6. The van der Waals surface area contributed by atoms with Crippen LogP contribution in [0.1, 0.15) is 37.5 Å². The van der Waals surface area contributed by atoms with Crippen LogP contribution >= 0.6 is 0 Å². The first-order valence-electron chi connectivity index (χ1n) is 5.46. The number of aldehydes is 1. The van der Waals surface area contributed by atoms with Gasteiger partial charge in [0.1, 0.15) is 6.29 Å². The Bertz CT molecular complexity index is 376. The van der Waals surface area contributed by atoms with E-state index >= 15 is 0 Å². The predicted molar refractivity (Wildman–Crippen MR) is 60.0 cm³/mol. The molecule has 1 aliphatic rings. The van der Waals surface area contributed by atoms with E-state index in [0.29, 0.717) is 6.42 Å². The Morgan fingerprint density at radius 2 is 2.44 bits per heavy atom. The smallest absolute Gasteiger partial charge is 0.174 e. The van der Waals surface area contributed by atoms with E-state index in [0.717, 1.165) is 37.0 Å². The summed E-state index contributed by atoms with van der Waals surface area (Å²) in [6.45, 7) is 0. The van der Waals surface area contributed by atoms with Crippen LogP contribution in [0.4, 0.5) is 0 Å². The Kier molecular flexibility index (Phi) is 3.64. The Hall–Kier alpha value is -1.71. The average molecular weight is 218 g/mol. The quantitative estimate of drug-likeness (QED) is 0.562. The van der Waals surface area contributed by atoms with Gasteiger partial charge in [0.15, 0.2) is 6.10 Å². The summed E-state index contributed by atoms with van der Waals surface area (Å²) < 4.78 is 0. The summed E-state index contributed by atoms with van der Waals surface area (Å²) in [6, 6.07) is 5.76. The van der Waals surface area contributed by atoms with Gasteiger partial charge in [-0.05, 0) is 25.0 Å². The van der Waals surface area contributed by atoms with E-state index in [2.05, 4.69) is 10.1 Å². The molecule has 0 aliphatic carbocycles. The van der Waals surface area contributed by atoms with Gasteiger partial charge in [0.05, 0.1) is 11.4 Å². The molecule has 2 rings (SSSR count). The third kappa shape index (κ3) is 2.66. The Morgan fingerprint density at radius 1 is 1.50 bits per heavy atom. The summed E-state index contributed by atoms with van der Waals surface area (Å²) in [5.74, 6) is 0. The highest BCUT2D eigenvalue weighted by Gasteiger charge is 2.22. The second kappa shape index (κ2) is 5.39. The molecule has 1 aromatic rings. The second-order valence-electron chi connectivity index (χ2n) is 3.77. The first kappa shape index (κ1) is 10.8. The molecule has 0 fully saturated rings. The van der Waals surface area contributed by atoms with Gasteiger partial charge < -0.3 is 9.63 Å². The molecule has 4 nitrogen and oxygen atoms in total. The van der Waals surface area contributed by atoms with Crippen LogP contribution in [0.5, 0.6) is 0 Å². The van der Waals surface area contributed by atoms with Crippen molar-refractivity contribution in [3.8, 4) is 0 Å². The summed E-state index contributed by atoms with van der Waals surface area (Å²) >= 11 is 0. The lowest BCUT2D eigenvalue weighted by atomic mass is 10.1. The van der Waals surface area contributed by atoms with Crippen molar-refractivity contribution in [1.29, 1.82) is 0 Å². The van der Waals surface area contributed by atoms with Crippen LogP contribution in [0.2, 0.25) is 0 Å². The summed E-state index contributed by atoms with van der Waals surface area (Å²) in [7, 11) is 0. The van der Waals surface area contributed by atoms with Gasteiger partial charge in [-0.15, -0.1) is 0 Å². The van der Waals surface area contributed by atoms with Gasteiger partial charge in [0.25, 0.3) is 0 Å². The number of oxime groups is 1. The highest BCUT2D eigenvalue weighted by molar-refractivity contribution is 5.85. The zero-order chi connectivity index (χ0) is 11.2. The molecule has 0 saturated heterocycles. The Morgan fingerprint density at radius 3 is 3.19 bits per heavy atom. The number of carbonyl (C=O) groups is 1. The van der Waals surface area contributed by atoms with Crippen molar-refractivity contribution in [2.24, 2.45) is 5.16 Å². The molecule has 16 heavy (non-hydrogen) atoms. The molecule has 0 amide bonds. The topological polar surface area (TPSA) is 51.5 Å². The third-order valence-electron chi connectivity index (χ3n) is 2.54. The zero-order valence-corrected chi connectivity index (χ0v) is 9.00. The van der Waals surface area contributed by atoms with E-state index in [1.54, 1.807) is 6.20 Å². The molecule has 0 spiro atoms. The van der Waals surface area contributed by atoms with Gasteiger partial charge in [-0.2, -0.15) is 0 Å². The van der Waals surface area contributed by atoms with Crippen LogP contribution in [0, 0.1) is 0 Å². The number of aromatic nitrogens is 1. The monoisotopic (exact) mass is 218 g/mol. The van der Waals surface area contributed by atoms with Crippen molar-refractivity contribution < 1.29 is 9.63 Å². The third-order valence-corrected chi connectivity index (χ3v) is 2.54. The Balaban J connectivity index is 1.84. The molecule has 1 atom stereocenters. The van der Waals surface area contributed by atoms with Gasteiger partial charge in [-0.1, -0.05) is 11.2 Å². The fourth-order valence-corrected chi connectivity index (χ4v) is 1.69. The van der Waals surface area contributed by atoms with E-state index in [1.807, 2.05) is 18.2 Å². The summed E-state index contributed by atoms with van der Waals surface area (Å²) in [4.78, 5) is 19.7. The molecule has 1 unspecified atom stereocenters. The number of unbranched alkanes of at least 4 members (excludes halogenated alkanes) is 1. The number of rotatable bonds is 5. The van der Waals surface area contributed by atoms with Crippen molar-refractivity contribution in [3.05, 3.63) is 30.1 Å². The molecule has 0 saturated carbocycles. The fourth-order valence-electron chi connectivity index (χ4n) is 1.69. The molecule has 2 heterocycles. The maximum Gasteiger partial charge on any atom is 0.174 e. The van der Waals surface area contributed by atoms with Gasteiger partial charge in [-0.3, -0.25) is 4.98 Å². The standard InChI is InChI=1S/C12H14N2O2/c15-8-4-2-5-10-9-12(16-14-10)11-6-1-3-7-13-11/h1,3,6-8,12H,2,4-5,9H2. The molecular formula is C12H14N2O2. The van der Waals surface area contributed by atoms with Gasteiger partial charge >= 0.3 is 0 Å². The largest absolute Gasteiger partial charge is 0.386 e. The van der Waals surface area contributed by atoms with Crippen molar-refractivity contribution in [3.63, 3.8) is 0 Å². The van der Waals surface area contributed by atoms with Crippen LogP contribution in [-0.4, -0.2) is 17.0 Å². The minimum absolute atomic E-state index is 0.0487. The normalized spacial score (nSPS) is 19.0. The minimum atomic E-state index is -0.0487. The van der Waals surface area contributed by atoms with Crippen LogP contribution in [-0.2, 0) is 9.63 Å². The van der Waals surface area contributed by atoms with Crippen LogP contribution in [0.3, 0.4) is 0 Å². The zero-order valence-electron chi connectivity index (χ0n) is 9.00. The van der Waals surface area contributed by atoms with Crippen molar-refractivity contribution >= 4 is 12.0 Å². The summed E-state index contributed by atoms with van der Waals surface area (Å²) in [5, 5.41) is 4.03. The molecule has 0 N–H and O–H groups in total. The van der Waals surface area contributed by atoms with E-state index in [-0.39, 0.29) is 6.10 Å². The second-order valence-corrected chi connectivity index (χ2v) is 3.77. The predicted octanol–water partition coefficient (Wildman–Crippen LogP) is 2.27. The molecule has 0 bridgehead atoms. The maximum atomic E-state index is 10.2. The molecule has 1 aliphatic heterocycles. The lowest BCUT2D eigenvalue weighted by Crippen LogP contribution is -2.02. The van der Waals surface area contributed by atoms with Gasteiger partial charge in [0.2, 0.25) is 0 Å². The van der Waals surface area contributed by atoms with Crippen LogP contribution < -0.4 is 0 Å². The number of nitrogens with zero attached hydrogens (tertiary/aromatic N) is 2. The molecule has 0 radical (unpaired) electrons. The molecule has 84 valence electrons. The Labute approximate surface area is 94.3 Å². The van der Waals surface area contributed by atoms with E-state index in [4.69, 9.17) is 4.84 Å². The molecular weight excluding hydrogens is 204 g/mol. The highest BCUT2D eigenvalue weighted by Crippen LogP contribution is 2.26. The molecule has 4 heteroatoms. The first-order valence-corrected chi connectivity index (χ1v) is 5.46. The van der Waals surface area contributed by atoms with E-state index < -0.39 is 0 Å². The lowest BCUT2D eigenvalue weighted by Gasteiger charge is -2.05. The number of hydrogen-bond donors (Lipinski definition) is 0. The van der Waals surface area contributed by atoms with E-state index in [1.165, 1.54) is 0 Å². The first-order chi connectivity index (χ1) is 7.90. The van der Waals surface area contributed by atoms with E-state index in [9.17, 15) is 4.79 Å². The van der Waals surface area contributed by atoms with Gasteiger partial charge in [-0.25, -0.2) is 0 Å². The number of hydrogen-bond acceptors (Lipinski definition) is 4. The van der Waals surface area contributed by atoms with Crippen LogP contribution in [0.25, 0.3) is 0 Å². The van der Waals surface area contributed by atoms with Crippen molar-refractivity contribution in [2.45, 2.75) is 31.8 Å². The van der Waals surface area contributed by atoms with Crippen molar-refractivity contribution in [2.75, 3.05) is 0 Å². The number of pyridine rings is 1. The number of carbonyl (C=O) groups excluding carboxylic acids is 1. The summed E-state index contributed by atoms with van der Waals surface area (Å²) in [5.41, 5.74) is 1.94. The summed E-state index contributed by atoms with van der Waals surface area (Å²) in [6.07, 6.45) is 5.70. The average Bonchev–Trinajstić information content (AvgIpc) is 2.79. The van der Waals surface area contributed by atoms with Crippen LogP contribution in [0.15, 0.2) is 29.6 Å². The fraction of sp³-hybridized carbons (Fsp3) is 0.417.